The van der Waals surface area contributed by atoms with Gasteiger partial charge in [-0.3, -0.25) is 9.48 Å². The first-order chi connectivity index (χ1) is 15.7. The molecule has 0 saturated carbocycles. The van der Waals surface area contributed by atoms with E-state index in [0.29, 0.717) is 28.5 Å². The maximum atomic E-state index is 14.7. The molecule has 0 spiro atoms. The van der Waals surface area contributed by atoms with Crippen molar-refractivity contribution in [1.82, 2.24) is 35.0 Å². The lowest BCUT2D eigenvalue weighted by atomic mass is 10.0. The van der Waals surface area contributed by atoms with Crippen molar-refractivity contribution in [2.75, 3.05) is 5.32 Å². The molecule has 0 radical (unpaired) electrons. The Kier molecular flexibility index (Phi) is 5.99. The van der Waals surface area contributed by atoms with E-state index in [2.05, 4.69) is 30.9 Å². The molecule has 4 rings (SSSR count). The molecule has 1 amide bonds. The van der Waals surface area contributed by atoms with Gasteiger partial charge in [-0.2, -0.15) is 9.78 Å². The van der Waals surface area contributed by atoms with Crippen molar-refractivity contribution in [1.29, 1.82) is 0 Å². The third kappa shape index (κ3) is 4.50. The Balaban J connectivity index is 1.63. The predicted octanol–water partition coefficient (Wildman–Crippen LogP) is 4.32. The van der Waals surface area contributed by atoms with Gasteiger partial charge in [0.05, 0.1) is 11.3 Å². The quantitative estimate of drug-likeness (QED) is 0.471. The number of halogens is 1. The molecule has 1 N–H and O–H groups in total. The van der Waals surface area contributed by atoms with Gasteiger partial charge < -0.3 is 5.32 Å². The second kappa shape index (κ2) is 8.89. The van der Waals surface area contributed by atoms with E-state index < -0.39 is 11.7 Å². The summed E-state index contributed by atoms with van der Waals surface area (Å²) in [7, 11) is 0. The van der Waals surface area contributed by atoms with Crippen molar-refractivity contribution in [2.24, 2.45) is 0 Å². The fourth-order valence-electron chi connectivity index (χ4n) is 3.40. The predicted molar refractivity (Wildman–Crippen MR) is 122 cm³/mol. The molecule has 0 atom stereocenters. The number of pyridine rings is 1. The Morgan fingerprint density at radius 2 is 1.91 bits per heavy atom. The third-order valence-electron chi connectivity index (χ3n) is 5.18. The molecule has 0 saturated heterocycles. The number of benzene rings is 1. The lowest BCUT2D eigenvalue weighted by Gasteiger charge is -2.11. The number of anilines is 1. The number of carbonyl (C=O) groups excluding carboxylic acids is 1. The molecular formula is C23H25FN8O. The Bertz CT molecular complexity index is 1310. The maximum Gasteiger partial charge on any atom is 0.259 e. The van der Waals surface area contributed by atoms with Crippen molar-refractivity contribution in [2.45, 2.75) is 46.6 Å². The SMILES string of the molecule is Cc1cc(F)c(C(=O)Nc2cccc(-n3nnnc3C(C)C)n2)cc1-c1ccn(C(C)C)n1. The van der Waals surface area contributed by atoms with Crippen molar-refractivity contribution < 1.29 is 9.18 Å². The standard InChI is InChI=1S/C23H25FN8O/c1-13(2)22-27-29-30-32(22)21-8-6-7-20(25-21)26-23(33)17-12-16(15(5)11-18(17)24)19-9-10-31(28-19)14(3)4/h6-14H,1-5H3,(H,25,26,33). The van der Waals surface area contributed by atoms with Crippen LogP contribution in [-0.4, -0.2) is 40.9 Å². The highest BCUT2D eigenvalue weighted by atomic mass is 19.1. The topological polar surface area (TPSA) is 103 Å². The molecule has 0 aliphatic carbocycles. The molecule has 1 aromatic carbocycles. The van der Waals surface area contributed by atoms with E-state index in [-0.39, 0.29) is 23.3 Å². The van der Waals surface area contributed by atoms with Crippen LogP contribution in [0.15, 0.2) is 42.6 Å². The molecule has 3 aromatic heterocycles. The van der Waals surface area contributed by atoms with Gasteiger partial charge in [-0.1, -0.05) is 19.9 Å². The largest absolute Gasteiger partial charge is 0.306 e. The molecule has 170 valence electrons. The number of amides is 1. The van der Waals surface area contributed by atoms with Crippen LogP contribution >= 0.6 is 0 Å². The fourth-order valence-corrected chi connectivity index (χ4v) is 3.40. The van der Waals surface area contributed by atoms with E-state index in [1.807, 2.05) is 44.6 Å². The van der Waals surface area contributed by atoms with E-state index in [9.17, 15) is 9.18 Å². The number of nitrogens with one attached hydrogen (secondary N) is 1. The maximum absolute atomic E-state index is 14.7. The van der Waals surface area contributed by atoms with Crippen molar-refractivity contribution in [3.05, 3.63) is 65.4 Å². The minimum absolute atomic E-state index is 0.0827. The number of tetrazole rings is 1. The number of carbonyl (C=O) groups is 1. The van der Waals surface area contributed by atoms with Crippen LogP contribution in [0.4, 0.5) is 10.2 Å². The summed E-state index contributed by atoms with van der Waals surface area (Å²) in [6.07, 6.45) is 1.86. The van der Waals surface area contributed by atoms with Gasteiger partial charge in [0.1, 0.15) is 11.6 Å². The Hall–Kier alpha value is -3.95. The van der Waals surface area contributed by atoms with Crippen LogP contribution in [0.1, 0.15) is 61.4 Å². The first-order valence-electron chi connectivity index (χ1n) is 10.7. The van der Waals surface area contributed by atoms with E-state index in [4.69, 9.17) is 0 Å². The van der Waals surface area contributed by atoms with Crippen LogP contribution < -0.4 is 5.32 Å². The summed E-state index contributed by atoms with van der Waals surface area (Å²) in [6, 6.07) is 9.99. The zero-order valence-electron chi connectivity index (χ0n) is 19.1. The molecule has 4 aromatic rings. The van der Waals surface area contributed by atoms with Crippen molar-refractivity contribution >= 4 is 11.7 Å². The summed E-state index contributed by atoms with van der Waals surface area (Å²) >= 11 is 0. The zero-order valence-corrected chi connectivity index (χ0v) is 19.1. The summed E-state index contributed by atoms with van der Waals surface area (Å²) in [5, 5.41) is 18.9. The number of hydrogen-bond donors (Lipinski definition) is 1. The van der Waals surface area contributed by atoms with E-state index in [1.54, 1.807) is 25.1 Å². The molecule has 9 nitrogen and oxygen atoms in total. The van der Waals surface area contributed by atoms with Crippen molar-refractivity contribution in [3.63, 3.8) is 0 Å². The van der Waals surface area contributed by atoms with Gasteiger partial charge in [0.25, 0.3) is 5.91 Å². The smallest absolute Gasteiger partial charge is 0.259 e. The number of hydrogen-bond acceptors (Lipinski definition) is 6. The second-order valence-electron chi connectivity index (χ2n) is 8.36. The Labute approximate surface area is 190 Å². The molecule has 0 aliphatic heterocycles. The van der Waals surface area contributed by atoms with Gasteiger partial charge in [-0.05, 0) is 67.1 Å². The molecule has 0 aliphatic rings. The average molecular weight is 449 g/mol. The van der Waals surface area contributed by atoms with Gasteiger partial charge in [0, 0.05) is 23.7 Å². The number of nitrogens with zero attached hydrogens (tertiary/aromatic N) is 7. The fraction of sp³-hybridized carbons (Fsp3) is 0.304. The molecule has 0 fully saturated rings. The van der Waals surface area contributed by atoms with Crippen LogP contribution in [0, 0.1) is 12.7 Å². The van der Waals surface area contributed by atoms with Gasteiger partial charge in [-0.25, -0.2) is 9.37 Å². The van der Waals surface area contributed by atoms with Crippen LogP contribution in [0.3, 0.4) is 0 Å². The number of aromatic nitrogens is 7. The first-order valence-corrected chi connectivity index (χ1v) is 10.7. The average Bonchev–Trinajstić information content (AvgIpc) is 3.44. The lowest BCUT2D eigenvalue weighted by molar-refractivity contribution is 0.102. The Morgan fingerprint density at radius 1 is 1.12 bits per heavy atom. The monoisotopic (exact) mass is 448 g/mol. The minimum Gasteiger partial charge on any atom is -0.306 e. The summed E-state index contributed by atoms with van der Waals surface area (Å²) in [6.45, 7) is 9.77. The van der Waals surface area contributed by atoms with E-state index >= 15 is 0 Å². The van der Waals surface area contributed by atoms with Crippen molar-refractivity contribution in [3.8, 4) is 17.1 Å². The van der Waals surface area contributed by atoms with Crippen LogP contribution in [0.25, 0.3) is 17.1 Å². The summed E-state index contributed by atoms with van der Waals surface area (Å²) < 4.78 is 18.1. The third-order valence-corrected chi connectivity index (χ3v) is 5.18. The van der Waals surface area contributed by atoms with Gasteiger partial charge in [-0.15, -0.1) is 5.10 Å². The highest BCUT2D eigenvalue weighted by Gasteiger charge is 2.19. The molecule has 3 heterocycles. The normalized spacial score (nSPS) is 11.4. The Morgan fingerprint density at radius 3 is 2.61 bits per heavy atom. The van der Waals surface area contributed by atoms with Crippen LogP contribution in [-0.2, 0) is 0 Å². The molecule has 0 bridgehead atoms. The summed E-state index contributed by atoms with van der Waals surface area (Å²) in [5.41, 5.74) is 1.97. The lowest BCUT2D eigenvalue weighted by Crippen LogP contribution is -2.16. The van der Waals surface area contributed by atoms with Crippen LogP contribution in [0.5, 0.6) is 0 Å². The zero-order chi connectivity index (χ0) is 23.7. The first kappa shape index (κ1) is 22.3. The van der Waals surface area contributed by atoms with E-state index in [1.165, 1.54) is 16.8 Å². The summed E-state index contributed by atoms with van der Waals surface area (Å²) in [5.74, 6) is 0.206. The summed E-state index contributed by atoms with van der Waals surface area (Å²) in [4.78, 5) is 17.4. The van der Waals surface area contributed by atoms with E-state index in [0.717, 1.165) is 0 Å². The van der Waals surface area contributed by atoms with Gasteiger partial charge in [0.2, 0.25) is 0 Å². The molecule has 0 unspecified atom stereocenters. The van der Waals surface area contributed by atoms with Crippen LogP contribution in [0.2, 0.25) is 0 Å². The molecule has 10 heteroatoms. The minimum atomic E-state index is -0.615. The highest BCUT2D eigenvalue weighted by molar-refractivity contribution is 6.04. The number of aryl methyl sites for hydroxylation is 1. The van der Waals surface area contributed by atoms with Gasteiger partial charge >= 0.3 is 0 Å². The highest BCUT2D eigenvalue weighted by Crippen LogP contribution is 2.26. The molecular weight excluding hydrogens is 423 g/mol. The molecule has 33 heavy (non-hydrogen) atoms. The second-order valence-corrected chi connectivity index (χ2v) is 8.36. The number of rotatable bonds is 6. The van der Waals surface area contributed by atoms with Gasteiger partial charge in [0.15, 0.2) is 11.6 Å².